The number of halogens is 3. The van der Waals surface area contributed by atoms with Crippen molar-refractivity contribution in [1.29, 1.82) is 0 Å². The van der Waals surface area contributed by atoms with Crippen LogP contribution in [-0.2, 0) is 28.5 Å². The normalized spacial score (nSPS) is 12.4. The molecule has 0 aromatic heterocycles. The highest BCUT2D eigenvalue weighted by atomic mass is 19.4. The summed E-state index contributed by atoms with van der Waals surface area (Å²) in [6.07, 6.45) is -0.417. The molecule has 2 nitrogen and oxygen atoms in total. The monoisotopic (exact) mass is 440 g/mol. The lowest BCUT2D eigenvalue weighted by Crippen LogP contribution is -2.17. The number of alkyl halides is 3. The third-order valence-electron chi connectivity index (χ3n) is 5.65. The van der Waals surface area contributed by atoms with Crippen molar-refractivity contribution < 1.29 is 22.7 Å². The minimum Gasteiger partial charge on any atom is -0.469 e. The molecule has 0 saturated carbocycles. The summed E-state index contributed by atoms with van der Waals surface area (Å²) in [7, 11) is 1.41. The Morgan fingerprint density at radius 2 is 1.50 bits per heavy atom. The Balaban J connectivity index is 1.59. The van der Waals surface area contributed by atoms with Crippen molar-refractivity contribution in [2.75, 3.05) is 7.11 Å². The van der Waals surface area contributed by atoms with Crippen LogP contribution < -0.4 is 0 Å². The van der Waals surface area contributed by atoms with Gasteiger partial charge in [0.15, 0.2) is 0 Å². The first kappa shape index (κ1) is 23.6. The van der Waals surface area contributed by atoms with Gasteiger partial charge in [0.25, 0.3) is 0 Å². The Hall–Kier alpha value is -3.08. The molecule has 0 aliphatic heterocycles. The second-order valence-electron chi connectivity index (χ2n) is 7.91. The molecule has 0 radical (unpaired) electrons. The van der Waals surface area contributed by atoms with Gasteiger partial charge in [-0.1, -0.05) is 66.7 Å². The van der Waals surface area contributed by atoms with E-state index in [1.807, 2.05) is 42.5 Å². The fraction of sp³-hybridized carbons (Fsp3) is 0.296. The average molecular weight is 441 g/mol. The predicted molar refractivity (Wildman–Crippen MR) is 120 cm³/mol. The van der Waals surface area contributed by atoms with E-state index < -0.39 is 11.7 Å². The van der Waals surface area contributed by atoms with Crippen molar-refractivity contribution in [3.8, 4) is 11.1 Å². The first-order valence-corrected chi connectivity index (χ1v) is 10.7. The maximum atomic E-state index is 13.0. The largest absolute Gasteiger partial charge is 0.469 e. The number of carbonyl (C=O) groups excluding carboxylic acids is 1. The van der Waals surface area contributed by atoms with Crippen LogP contribution in [0.15, 0.2) is 78.9 Å². The lowest BCUT2D eigenvalue weighted by molar-refractivity contribution is -0.146. The van der Waals surface area contributed by atoms with Crippen molar-refractivity contribution in [3.05, 3.63) is 95.6 Å². The van der Waals surface area contributed by atoms with Crippen LogP contribution in [0.1, 0.15) is 36.0 Å². The van der Waals surface area contributed by atoms with Gasteiger partial charge < -0.3 is 4.74 Å². The summed E-state index contributed by atoms with van der Waals surface area (Å²) >= 11 is 0. The number of ether oxygens (including phenoxy) is 1. The minimum atomic E-state index is -4.36. The molecule has 3 aromatic rings. The third-order valence-corrected chi connectivity index (χ3v) is 5.65. The van der Waals surface area contributed by atoms with Crippen LogP contribution >= 0.6 is 0 Å². The zero-order valence-electron chi connectivity index (χ0n) is 18.1. The van der Waals surface area contributed by atoms with E-state index in [2.05, 4.69) is 12.1 Å². The molecule has 0 aliphatic carbocycles. The van der Waals surface area contributed by atoms with E-state index in [9.17, 15) is 18.0 Å². The molecule has 3 aromatic carbocycles. The maximum absolute atomic E-state index is 13.0. The highest BCUT2D eigenvalue weighted by Gasteiger charge is 2.30. The molecule has 32 heavy (non-hydrogen) atoms. The van der Waals surface area contributed by atoms with Gasteiger partial charge in [-0.15, -0.1) is 0 Å². The Kier molecular flexibility index (Phi) is 8.09. The summed E-state index contributed by atoms with van der Waals surface area (Å²) in [4.78, 5) is 12.2. The molecular formula is C27H27F3O2. The Bertz CT molecular complexity index is 995. The molecule has 168 valence electrons. The predicted octanol–water partition coefficient (Wildman–Crippen LogP) is 7.12. The molecule has 3 rings (SSSR count). The summed E-state index contributed by atoms with van der Waals surface area (Å²) in [6, 6.07) is 23.0. The summed E-state index contributed by atoms with van der Waals surface area (Å²) in [5, 5.41) is 0. The summed E-state index contributed by atoms with van der Waals surface area (Å²) in [5.41, 5.74) is 2.89. The van der Waals surface area contributed by atoms with Gasteiger partial charge in [-0.25, -0.2) is 0 Å². The lowest BCUT2D eigenvalue weighted by atomic mass is 9.92. The van der Waals surface area contributed by atoms with Crippen LogP contribution in [0.5, 0.6) is 0 Å². The van der Waals surface area contributed by atoms with Crippen molar-refractivity contribution in [3.63, 3.8) is 0 Å². The zero-order valence-corrected chi connectivity index (χ0v) is 18.1. The van der Waals surface area contributed by atoms with E-state index in [1.54, 1.807) is 6.07 Å². The van der Waals surface area contributed by atoms with Crippen LogP contribution in [-0.4, -0.2) is 13.1 Å². The number of hydrogen-bond donors (Lipinski definition) is 0. The van der Waals surface area contributed by atoms with Gasteiger partial charge in [0.05, 0.1) is 18.6 Å². The number of esters is 1. The minimum absolute atomic E-state index is 0.174. The topological polar surface area (TPSA) is 26.3 Å². The number of methoxy groups -OCH3 is 1. The van der Waals surface area contributed by atoms with E-state index in [0.29, 0.717) is 18.4 Å². The van der Waals surface area contributed by atoms with Crippen molar-refractivity contribution in [2.24, 2.45) is 5.92 Å². The van der Waals surface area contributed by atoms with Gasteiger partial charge >= 0.3 is 12.1 Å². The van der Waals surface area contributed by atoms with Crippen molar-refractivity contribution >= 4 is 5.97 Å². The number of carbonyl (C=O) groups is 1. The summed E-state index contributed by atoms with van der Waals surface area (Å²) < 4.78 is 43.9. The average Bonchev–Trinajstić information content (AvgIpc) is 2.81. The van der Waals surface area contributed by atoms with Crippen LogP contribution in [0, 0.1) is 5.92 Å². The quantitative estimate of drug-likeness (QED) is 0.331. The van der Waals surface area contributed by atoms with Gasteiger partial charge in [-0.2, -0.15) is 13.2 Å². The highest BCUT2D eigenvalue weighted by molar-refractivity contribution is 5.72. The first-order valence-electron chi connectivity index (χ1n) is 10.7. The van der Waals surface area contributed by atoms with Crippen molar-refractivity contribution in [2.45, 2.75) is 38.3 Å². The molecule has 0 N–H and O–H groups in total. The van der Waals surface area contributed by atoms with Crippen LogP contribution in [0.3, 0.4) is 0 Å². The Morgan fingerprint density at radius 1 is 0.812 bits per heavy atom. The molecule has 0 fully saturated rings. The van der Waals surface area contributed by atoms with Gasteiger partial charge in [0.1, 0.15) is 0 Å². The molecule has 0 bridgehead atoms. The summed E-state index contributed by atoms with van der Waals surface area (Å²) in [5.74, 6) is -0.370. The van der Waals surface area contributed by atoms with E-state index in [-0.39, 0.29) is 11.9 Å². The summed E-state index contributed by atoms with van der Waals surface area (Å²) in [6.45, 7) is 0. The number of hydrogen-bond acceptors (Lipinski definition) is 2. The fourth-order valence-electron chi connectivity index (χ4n) is 3.82. The van der Waals surface area contributed by atoms with Gasteiger partial charge in [-0.3, -0.25) is 4.79 Å². The second-order valence-corrected chi connectivity index (χ2v) is 7.91. The number of aryl methyl sites for hydroxylation is 2. The second kappa shape index (κ2) is 11.0. The first-order chi connectivity index (χ1) is 15.4. The molecular weight excluding hydrogens is 413 g/mol. The van der Waals surface area contributed by atoms with E-state index in [0.717, 1.165) is 42.5 Å². The molecule has 1 atom stereocenters. The van der Waals surface area contributed by atoms with Gasteiger partial charge in [0.2, 0.25) is 0 Å². The highest BCUT2D eigenvalue weighted by Crippen LogP contribution is 2.32. The van der Waals surface area contributed by atoms with Crippen LogP contribution in [0.25, 0.3) is 11.1 Å². The molecule has 0 spiro atoms. The Labute approximate surface area is 187 Å². The van der Waals surface area contributed by atoms with Crippen LogP contribution in [0.2, 0.25) is 0 Å². The van der Waals surface area contributed by atoms with E-state index in [1.165, 1.54) is 18.7 Å². The zero-order chi connectivity index (χ0) is 23.0. The molecule has 0 saturated heterocycles. The standard InChI is InChI=1S/C27H27F3O2/c1-32-26(31)23(10-5-9-20-7-3-2-4-8-20)18-15-21-13-16-22(17-14-21)24-11-6-12-25(19-24)27(28,29)30/h2-4,6-8,11-14,16-17,19,23H,5,9-10,15,18H2,1H3. The van der Waals surface area contributed by atoms with E-state index in [4.69, 9.17) is 4.74 Å². The molecule has 0 amide bonds. The van der Waals surface area contributed by atoms with Crippen LogP contribution in [0.4, 0.5) is 13.2 Å². The number of rotatable bonds is 9. The van der Waals surface area contributed by atoms with Gasteiger partial charge in [-0.05, 0) is 66.5 Å². The fourth-order valence-corrected chi connectivity index (χ4v) is 3.82. The van der Waals surface area contributed by atoms with E-state index >= 15 is 0 Å². The number of benzene rings is 3. The Morgan fingerprint density at radius 3 is 2.16 bits per heavy atom. The smallest absolute Gasteiger partial charge is 0.416 e. The SMILES string of the molecule is COC(=O)C(CCCc1ccccc1)CCc1ccc(-c2cccc(C(F)(F)F)c2)cc1. The maximum Gasteiger partial charge on any atom is 0.416 e. The third kappa shape index (κ3) is 6.71. The van der Waals surface area contributed by atoms with Gasteiger partial charge in [0, 0.05) is 0 Å². The molecule has 1 unspecified atom stereocenters. The molecule has 0 heterocycles. The molecule has 0 aliphatic rings. The lowest BCUT2D eigenvalue weighted by Gasteiger charge is -2.15. The van der Waals surface area contributed by atoms with Crippen molar-refractivity contribution in [1.82, 2.24) is 0 Å². The molecule has 5 heteroatoms.